The molecule has 1 N–H and O–H groups in total. The molecule has 0 aromatic heterocycles. The Kier molecular flexibility index (Phi) is 2.51. The van der Waals surface area contributed by atoms with Gasteiger partial charge in [0, 0.05) is 0 Å². The first kappa shape index (κ1) is 9.51. The number of carbonyl (C=O) groups is 1. The summed E-state index contributed by atoms with van der Waals surface area (Å²) in [5, 5.41) is 9.25. The summed E-state index contributed by atoms with van der Waals surface area (Å²) in [6, 6.07) is 2.14. The van der Waals surface area contributed by atoms with Crippen LogP contribution in [0.2, 0.25) is 0 Å². The minimum absolute atomic E-state index is 0.161. The van der Waals surface area contributed by atoms with Gasteiger partial charge < -0.3 is 9.84 Å². The topological polar surface area (TPSA) is 46.5 Å². The maximum Gasteiger partial charge on any atom is 0.341 e. The Hall–Kier alpha value is -1.58. The van der Waals surface area contributed by atoms with Crippen molar-refractivity contribution in [2.45, 2.75) is 6.92 Å². The highest BCUT2D eigenvalue weighted by Crippen LogP contribution is 2.21. The van der Waals surface area contributed by atoms with E-state index in [1.807, 2.05) is 0 Å². The summed E-state index contributed by atoms with van der Waals surface area (Å²) < 4.78 is 17.3. The standard InChI is InChI=1S/C9H9FO3/c1-5-3-8(11)6(4-7(5)10)9(12)13-2/h3-4,11H,1-2H3. The lowest BCUT2D eigenvalue weighted by atomic mass is 10.1. The van der Waals surface area contributed by atoms with Gasteiger partial charge in [0.05, 0.1) is 7.11 Å². The number of rotatable bonds is 1. The molecule has 0 spiro atoms. The van der Waals surface area contributed by atoms with Gasteiger partial charge in [0.15, 0.2) is 0 Å². The third kappa shape index (κ3) is 1.77. The van der Waals surface area contributed by atoms with Crippen LogP contribution >= 0.6 is 0 Å². The van der Waals surface area contributed by atoms with Gasteiger partial charge in [-0.05, 0) is 24.6 Å². The van der Waals surface area contributed by atoms with Crippen molar-refractivity contribution >= 4 is 5.97 Å². The summed E-state index contributed by atoms with van der Waals surface area (Å²) >= 11 is 0. The van der Waals surface area contributed by atoms with E-state index in [0.29, 0.717) is 0 Å². The van der Waals surface area contributed by atoms with Gasteiger partial charge in [-0.15, -0.1) is 0 Å². The quantitative estimate of drug-likeness (QED) is 0.674. The number of phenolic OH excluding ortho intramolecular Hbond substituents is 1. The largest absolute Gasteiger partial charge is 0.507 e. The minimum Gasteiger partial charge on any atom is -0.507 e. The highest BCUT2D eigenvalue weighted by molar-refractivity contribution is 5.92. The first-order chi connectivity index (χ1) is 6.06. The molecule has 0 aliphatic rings. The van der Waals surface area contributed by atoms with Crippen molar-refractivity contribution in [2.75, 3.05) is 7.11 Å². The van der Waals surface area contributed by atoms with E-state index in [-0.39, 0.29) is 16.9 Å². The number of aromatic hydroxyl groups is 1. The summed E-state index contributed by atoms with van der Waals surface area (Å²) in [4.78, 5) is 10.9. The van der Waals surface area contributed by atoms with E-state index >= 15 is 0 Å². The van der Waals surface area contributed by atoms with E-state index < -0.39 is 11.8 Å². The predicted octanol–water partition coefficient (Wildman–Crippen LogP) is 1.63. The molecular formula is C9H9FO3. The Balaban J connectivity index is 3.23. The molecule has 0 aliphatic heterocycles. The molecule has 1 aromatic rings. The zero-order chi connectivity index (χ0) is 10.0. The zero-order valence-corrected chi connectivity index (χ0v) is 7.30. The van der Waals surface area contributed by atoms with Crippen molar-refractivity contribution in [1.82, 2.24) is 0 Å². The number of hydrogen-bond donors (Lipinski definition) is 1. The Morgan fingerprint density at radius 3 is 2.69 bits per heavy atom. The summed E-state index contributed by atoms with van der Waals surface area (Å²) in [5.41, 5.74) is 0.121. The lowest BCUT2D eigenvalue weighted by Gasteiger charge is -2.04. The van der Waals surface area contributed by atoms with Gasteiger partial charge in [-0.25, -0.2) is 9.18 Å². The van der Waals surface area contributed by atoms with Gasteiger partial charge in [0.1, 0.15) is 17.1 Å². The molecule has 0 amide bonds. The van der Waals surface area contributed by atoms with Crippen LogP contribution in [0, 0.1) is 12.7 Å². The fourth-order valence-corrected chi connectivity index (χ4v) is 0.940. The minimum atomic E-state index is -0.753. The SMILES string of the molecule is COC(=O)c1cc(F)c(C)cc1O. The van der Waals surface area contributed by atoms with Gasteiger partial charge in [-0.1, -0.05) is 0 Å². The molecular weight excluding hydrogens is 175 g/mol. The molecule has 0 aliphatic carbocycles. The highest BCUT2D eigenvalue weighted by Gasteiger charge is 2.13. The third-order valence-corrected chi connectivity index (χ3v) is 1.68. The van der Waals surface area contributed by atoms with Crippen LogP contribution in [0.5, 0.6) is 5.75 Å². The van der Waals surface area contributed by atoms with Crippen LogP contribution in [-0.2, 0) is 4.74 Å². The van der Waals surface area contributed by atoms with Crippen molar-refractivity contribution in [1.29, 1.82) is 0 Å². The first-order valence-electron chi connectivity index (χ1n) is 3.63. The van der Waals surface area contributed by atoms with Gasteiger partial charge in [0.2, 0.25) is 0 Å². The molecule has 70 valence electrons. The second-order valence-corrected chi connectivity index (χ2v) is 2.61. The van der Waals surface area contributed by atoms with Crippen LogP contribution in [0.15, 0.2) is 12.1 Å². The average molecular weight is 184 g/mol. The van der Waals surface area contributed by atoms with Crippen LogP contribution in [0.25, 0.3) is 0 Å². The fraction of sp³-hybridized carbons (Fsp3) is 0.222. The van der Waals surface area contributed by atoms with Crippen LogP contribution in [0.4, 0.5) is 4.39 Å². The predicted molar refractivity (Wildman–Crippen MR) is 44.1 cm³/mol. The van der Waals surface area contributed by atoms with Crippen molar-refractivity contribution in [3.05, 3.63) is 29.1 Å². The van der Waals surface area contributed by atoms with Gasteiger partial charge in [-0.2, -0.15) is 0 Å². The lowest BCUT2D eigenvalue weighted by molar-refractivity contribution is 0.0597. The second-order valence-electron chi connectivity index (χ2n) is 2.61. The number of aryl methyl sites for hydroxylation is 1. The molecule has 3 nitrogen and oxygen atoms in total. The number of halogens is 1. The number of hydrogen-bond acceptors (Lipinski definition) is 3. The molecule has 0 unspecified atom stereocenters. The maximum atomic E-state index is 12.9. The molecule has 1 aromatic carbocycles. The Morgan fingerprint density at radius 1 is 1.54 bits per heavy atom. The van der Waals surface area contributed by atoms with Crippen molar-refractivity contribution in [3.8, 4) is 5.75 Å². The van der Waals surface area contributed by atoms with E-state index in [2.05, 4.69) is 4.74 Å². The van der Waals surface area contributed by atoms with Crippen LogP contribution < -0.4 is 0 Å². The van der Waals surface area contributed by atoms with E-state index in [4.69, 9.17) is 0 Å². The number of carbonyl (C=O) groups excluding carboxylic acids is 1. The third-order valence-electron chi connectivity index (χ3n) is 1.68. The second kappa shape index (κ2) is 3.43. The molecule has 0 heterocycles. The molecule has 0 saturated carbocycles. The Labute approximate surface area is 74.8 Å². The van der Waals surface area contributed by atoms with E-state index in [0.717, 1.165) is 6.07 Å². The smallest absolute Gasteiger partial charge is 0.341 e. The van der Waals surface area contributed by atoms with Crippen LogP contribution in [0.1, 0.15) is 15.9 Å². The monoisotopic (exact) mass is 184 g/mol. The van der Waals surface area contributed by atoms with Crippen molar-refractivity contribution < 1.29 is 19.0 Å². The number of benzene rings is 1. The average Bonchev–Trinajstić information content (AvgIpc) is 2.10. The maximum absolute atomic E-state index is 12.9. The van der Waals surface area contributed by atoms with Crippen LogP contribution in [-0.4, -0.2) is 18.2 Å². The van der Waals surface area contributed by atoms with Gasteiger partial charge in [-0.3, -0.25) is 0 Å². The number of phenols is 1. The summed E-state index contributed by atoms with van der Waals surface area (Å²) in [6.45, 7) is 1.50. The molecule has 0 saturated heterocycles. The van der Waals surface area contributed by atoms with Gasteiger partial charge in [0.25, 0.3) is 0 Å². The zero-order valence-electron chi connectivity index (χ0n) is 7.30. The van der Waals surface area contributed by atoms with Gasteiger partial charge >= 0.3 is 5.97 Å². The number of esters is 1. The first-order valence-corrected chi connectivity index (χ1v) is 3.63. The fourth-order valence-electron chi connectivity index (χ4n) is 0.940. The van der Waals surface area contributed by atoms with E-state index in [1.165, 1.54) is 20.1 Å². The molecule has 0 bridgehead atoms. The Bertz CT molecular complexity index is 347. The van der Waals surface area contributed by atoms with Crippen molar-refractivity contribution in [2.24, 2.45) is 0 Å². The molecule has 0 atom stereocenters. The lowest BCUT2D eigenvalue weighted by Crippen LogP contribution is -2.02. The summed E-state index contributed by atoms with van der Waals surface area (Å²) in [6.07, 6.45) is 0. The molecule has 13 heavy (non-hydrogen) atoms. The Morgan fingerprint density at radius 2 is 2.15 bits per heavy atom. The van der Waals surface area contributed by atoms with Crippen LogP contribution in [0.3, 0.4) is 0 Å². The molecule has 0 radical (unpaired) electrons. The van der Waals surface area contributed by atoms with E-state index in [1.54, 1.807) is 0 Å². The summed E-state index contributed by atoms with van der Waals surface area (Å²) in [5.74, 6) is -1.57. The van der Waals surface area contributed by atoms with Crippen molar-refractivity contribution in [3.63, 3.8) is 0 Å². The normalized spacial score (nSPS) is 9.77. The van der Waals surface area contributed by atoms with E-state index in [9.17, 15) is 14.3 Å². The number of methoxy groups -OCH3 is 1. The highest BCUT2D eigenvalue weighted by atomic mass is 19.1. The number of ether oxygens (including phenoxy) is 1. The molecule has 0 fully saturated rings. The summed E-state index contributed by atoms with van der Waals surface area (Å²) in [7, 11) is 1.17. The molecule has 4 heteroatoms. The molecule has 1 rings (SSSR count).